The lowest BCUT2D eigenvalue weighted by atomic mass is 10.1. The number of hydrogen-bond donors (Lipinski definition) is 1. The molecule has 4 rings (SSSR count). The molecule has 0 aromatic heterocycles. The zero-order chi connectivity index (χ0) is 22.9. The quantitative estimate of drug-likeness (QED) is 0.636. The molecular weight excluding hydrogens is 414 g/mol. The molecule has 2 saturated heterocycles. The van der Waals surface area contributed by atoms with Crippen LogP contribution in [0.1, 0.15) is 48.0 Å². The van der Waals surface area contributed by atoms with Gasteiger partial charge in [0.25, 0.3) is 5.91 Å². The number of piperidine rings is 2. The van der Waals surface area contributed by atoms with E-state index in [9.17, 15) is 9.59 Å². The van der Waals surface area contributed by atoms with Gasteiger partial charge in [0.05, 0.1) is 0 Å². The lowest BCUT2D eigenvalue weighted by Gasteiger charge is -2.32. The third-order valence-electron chi connectivity index (χ3n) is 6.60. The fraction of sp³-hybridized carbons (Fsp3) is 0.481. The molecule has 2 aliphatic heterocycles. The summed E-state index contributed by atoms with van der Waals surface area (Å²) in [5, 5.41) is 2.92. The second-order valence-corrected chi connectivity index (χ2v) is 9.01. The van der Waals surface area contributed by atoms with E-state index in [1.165, 1.54) is 5.56 Å². The minimum Gasteiger partial charge on any atom is -0.490 e. The highest BCUT2D eigenvalue weighted by Crippen LogP contribution is 2.20. The largest absolute Gasteiger partial charge is 0.490 e. The third-order valence-corrected chi connectivity index (χ3v) is 6.60. The molecule has 0 aliphatic carbocycles. The number of nitrogens with one attached hydrogen (secondary N) is 1. The Morgan fingerprint density at radius 1 is 0.939 bits per heavy atom. The number of ether oxygens (including phenoxy) is 1. The van der Waals surface area contributed by atoms with Crippen LogP contribution < -0.4 is 10.1 Å². The topological polar surface area (TPSA) is 61.9 Å². The molecule has 2 aromatic rings. The van der Waals surface area contributed by atoms with Crippen molar-refractivity contribution in [1.82, 2.24) is 15.1 Å². The lowest BCUT2D eigenvalue weighted by molar-refractivity contribution is -0.133. The van der Waals surface area contributed by atoms with Crippen LogP contribution in [-0.2, 0) is 11.2 Å². The zero-order valence-electron chi connectivity index (χ0n) is 19.4. The first-order valence-electron chi connectivity index (χ1n) is 12.3. The number of nitrogens with zero attached hydrogens (tertiary/aromatic N) is 2. The maximum atomic E-state index is 12.4. The van der Waals surface area contributed by atoms with Crippen molar-refractivity contribution in [2.24, 2.45) is 0 Å². The maximum Gasteiger partial charge on any atom is 0.251 e. The molecular formula is C27H35N3O3. The summed E-state index contributed by atoms with van der Waals surface area (Å²) in [6.45, 7) is 5.05. The Morgan fingerprint density at radius 3 is 2.42 bits per heavy atom. The molecule has 6 heteroatoms. The van der Waals surface area contributed by atoms with E-state index < -0.39 is 0 Å². The van der Waals surface area contributed by atoms with Crippen molar-refractivity contribution in [2.45, 2.75) is 44.6 Å². The summed E-state index contributed by atoms with van der Waals surface area (Å²) in [4.78, 5) is 28.6. The van der Waals surface area contributed by atoms with E-state index in [0.717, 1.165) is 64.0 Å². The lowest BCUT2D eigenvalue weighted by Crippen LogP contribution is -2.41. The van der Waals surface area contributed by atoms with E-state index >= 15 is 0 Å². The Bertz CT molecular complexity index is 893. The Balaban J connectivity index is 1.15. The van der Waals surface area contributed by atoms with E-state index in [0.29, 0.717) is 25.1 Å². The van der Waals surface area contributed by atoms with E-state index in [4.69, 9.17) is 4.74 Å². The number of hydrogen-bond acceptors (Lipinski definition) is 4. The summed E-state index contributed by atoms with van der Waals surface area (Å²) >= 11 is 0. The Hall–Kier alpha value is -2.86. The summed E-state index contributed by atoms with van der Waals surface area (Å²) < 4.78 is 6.17. The van der Waals surface area contributed by atoms with Crippen LogP contribution in [-0.4, -0.2) is 67.0 Å². The number of carbonyl (C=O) groups is 2. The van der Waals surface area contributed by atoms with Gasteiger partial charge >= 0.3 is 0 Å². The van der Waals surface area contributed by atoms with Crippen molar-refractivity contribution in [3.8, 4) is 5.75 Å². The van der Waals surface area contributed by atoms with Crippen LogP contribution in [0.4, 0.5) is 0 Å². The minimum absolute atomic E-state index is 0.113. The zero-order valence-corrected chi connectivity index (χ0v) is 19.4. The fourth-order valence-electron chi connectivity index (χ4n) is 4.56. The summed E-state index contributed by atoms with van der Waals surface area (Å²) in [6.07, 6.45) is 6.00. The van der Waals surface area contributed by atoms with Crippen molar-refractivity contribution in [2.75, 3.05) is 39.3 Å². The molecule has 0 unspecified atom stereocenters. The van der Waals surface area contributed by atoms with E-state index in [1.54, 1.807) is 0 Å². The van der Waals surface area contributed by atoms with E-state index in [2.05, 4.69) is 40.5 Å². The molecule has 176 valence electrons. The third kappa shape index (κ3) is 7.06. The standard InChI is InChI=1S/C27H35N3O3/c31-26-8-4-5-17-30(26)21-16-28-27(32)23-9-11-24(12-10-23)33-25-14-19-29(20-15-25)18-13-22-6-2-1-3-7-22/h1-3,6-7,9-12,25H,4-5,8,13-21H2,(H,28,32). The van der Waals surface area contributed by atoms with Gasteiger partial charge in [-0.25, -0.2) is 0 Å². The first-order valence-corrected chi connectivity index (χ1v) is 12.3. The summed E-state index contributed by atoms with van der Waals surface area (Å²) in [7, 11) is 0. The first-order chi connectivity index (χ1) is 16.2. The molecule has 0 radical (unpaired) electrons. The highest BCUT2D eigenvalue weighted by Gasteiger charge is 2.21. The number of likely N-dealkylation sites (tertiary alicyclic amines) is 2. The van der Waals surface area contributed by atoms with Crippen molar-refractivity contribution in [3.05, 3.63) is 65.7 Å². The van der Waals surface area contributed by atoms with Gasteiger partial charge in [0, 0.05) is 51.3 Å². The maximum absolute atomic E-state index is 12.4. The number of carbonyl (C=O) groups excluding carboxylic acids is 2. The molecule has 2 heterocycles. The Morgan fingerprint density at radius 2 is 1.70 bits per heavy atom. The van der Waals surface area contributed by atoms with E-state index in [-0.39, 0.29) is 17.9 Å². The molecule has 0 atom stereocenters. The highest BCUT2D eigenvalue weighted by molar-refractivity contribution is 5.94. The van der Waals surface area contributed by atoms with Gasteiger partial charge in [0.2, 0.25) is 5.91 Å². The minimum atomic E-state index is -0.113. The fourth-order valence-corrected chi connectivity index (χ4v) is 4.56. The van der Waals surface area contributed by atoms with Crippen molar-refractivity contribution in [1.29, 1.82) is 0 Å². The van der Waals surface area contributed by atoms with Crippen LogP contribution in [0.5, 0.6) is 5.75 Å². The molecule has 0 spiro atoms. The van der Waals surface area contributed by atoms with Gasteiger partial charge in [-0.05, 0) is 61.9 Å². The summed E-state index contributed by atoms with van der Waals surface area (Å²) in [6, 6.07) is 18.0. The molecule has 33 heavy (non-hydrogen) atoms. The molecule has 0 bridgehead atoms. The van der Waals surface area contributed by atoms with Gasteiger partial charge in [-0.2, -0.15) is 0 Å². The van der Waals surface area contributed by atoms with Crippen molar-refractivity contribution in [3.63, 3.8) is 0 Å². The average molecular weight is 450 g/mol. The van der Waals surface area contributed by atoms with Gasteiger partial charge in [-0.1, -0.05) is 30.3 Å². The number of benzene rings is 2. The van der Waals surface area contributed by atoms with E-state index in [1.807, 2.05) is 29.2 Å². The smallest absolute Gasteiger partial charge is 0.251 e. The van der Waals surface area contributed by atoms with Crippen LogP contribution in [0.25, 0.3) is 0 Å². The molecule has 6 nitrogen and oxygen atoms in total. The molecule has 1 N–H and O–H groups in total. The molecule has 0 saturated carbocycles. The second-order valence-electron chi connectivity index (χ2n) is 9.01. The first kappa shape index (κ1) is 23.3. The van der Waals surface area contributed by atoms with Crippen LogP contribution in [0.3, 0.4) is 0 Å². The van der Waals surface area contributed by atoms with Crippen LogP contribution >= 0.6 is 0 Å². The molecule has 2 aromatic carbocycles. The monoisotopic (exact) mass is 449 g/mol. The number of amides is 2. The van der Waals surface area contributed by atoms with Crippen molar-refractivity contribution < 1.29 is 14.3 Å². The SMILES string of the molecule is O=C(NCCN1CCCCC1=O)c1ccc(OC2CCN(CCc3ccccc3)CC2)cc1. The summed E-state index contributed by atoms with van der Waals surface area (Å²) in [5.41, 5.74) is 2.00. The van der Waals surface area contributed by atoms with Gasteiger partial charge in [0.15, 0.2) is 0 Å². The predicted molar refractivity (Wildman–Crippen MR) is 129 cm³/mol. The molecule has 2 aliphatic rings. The van der Waals surface area contributed by atoms with Gasteiger partial charge in [-0.3, -0.25) is 9.59 Å². The van der Waals surface area contributed by atoms with Crippen LogP contribution in [0.15, 0.2) is 54.6 Å². The second kappa shape index (κ2) is 11.8. The summed E-state index contributed by atoms with van der Waals surface area (Å²) in [5.74, 6) is 0.893. The van der Waals surface area contributed by atoms with Gasteiger partial charge < -0.3 is 19.9 Å². The molecule has 2 fully saturated rings. The van der Waals surface area contributed by atoms with Crippen LogP contribution in [0.2, 0.25) is 0 Å². The normalized spacial score (nSPS) is 17.7. The highest BCUT2D eigenvalue weighted by atomic mass is 16.5. The van der Waals surface area contributed by atoms with Gasteiger partial charge in [0.1, 0.15) is 11.9 Å². The predicted octanol–water partition coefficient (Wildman–Crippen LogP) is 3.51. The average Bonchev–Trinajstić information content (AvgIpc) is 2.86. The number of rotatable bonds is 9. The Kier molecular flexibility index (Phi) is 8.36. The molecule has 2 amide bonds. The van der Waals surface area contributed by atoms with Gasteiger partial charge in [-0.15, -0.1) is 0 Å². The van der Waals surface area contributed by atoms with Crippen molar-refractivity contribution >= 4 is 11.8 Å². The Labute approximate surface area is 196 Å². The van der Waals surface area contributed by atoms with Crippen LogP contribution in [0, 0.1) is 0 Å².